The first-order chi connectivity index (χ1) is 10.3. The third-order valence-electron chi connectivity index (χ3n) is 3.58. The van der Waals surface area contributed by atoms with Crippen LogP contribution in [0, 0.1) is 17.8 Å². The van der Waals surface area contributed by atoms with Crippen LogP contribution in [0.4, 0.5) is 0 Å². The van der Waals surface area contributed by atoms with Crippen LogP contribution >= 0.6 is 0 Å². The van der Waals surface area contributed by atoms with Gasteiger partial charge in [-0.2, -0.15) is 0 Å². The molecule has 0 heterocycles. The van der Waals surface area contributed by atoms with Crippen LogP contribution in [0.25, 0.3) is 0 Å². The molecule has 1 fully saturated rings. The quantitative estimate of drug-likeness (QED) is 0.746. The summed E-state index contributed by atoms with van der Waals surface area (Å²) in [5.74, 6) is 7.33. The van der Waals surface area contributed by atoms with E-state index in [2.05, 4.69) is 23.7 Å². The summed E-state index contributed by atoms with van der Waals surface area (Å²) in [7, 11) is 0. The van der Waals surface area contributed by atoms with Gasteiger partial charge in [0.25, 0.3) is 0 Å². The molecule has 0 aromatic heterocycles. The monoisotopic (exact) mass is 287 g/mol. The van der Waals surface area contributed by atoms with Crippen molar-refractivity contribution in [3.63, 3.8) is 0 Å². The second-order valence-corrected chi connectivity index (χ2v) is 5.58. The minimum absolute atomic E-state index is 0.113. The van der Waals surface area contributed by atoms with E-state index >= 15 is 0 Å². The Bertz CT molecular complexity index is 485. The number of hydrogen-bond donors (Lipinski definition) is 1. The molecule has 3 nitrogen and oxygen atoms in total. The molecule has 0 bridgehead atoms. The number of benzene rings is 1. The maximum Gasteiger partial charge on any atom is 0.120 e. The average Bonchev–Trinajstić information content (AvgIpc) is 3.30. The minimum atomic E-state index is -0.113. The summed E-state index contributed by atoms with van der Waals surface area (Å²) in [5.41, 5.74) is 0.880. The molecule has 1 aliphatic carbocycles. The highest BCUT2D eigenvalue weighted by atomic mass is 16.5. The van der Waals surface area contributed by atoms with Crippen molar-refractivity contribution >= 4 is 0 Å². The van der Waals surface area contributed by atoms with Crippen molar-refractivity contribution in [3.05, 3.63) is 29.8 Å². The van der Waals surface area contributed by atoms with E-state index in [4.69, 9.17) is 9.84 Å². The zero-order valence-electron chi connectivity index (χ0n) is 12.8. The highest BCUT2D eigenvalue weighted by Gasteiger charge is 2.23. The van der Waals surface area contributed by atoms with Crippen molar-refractivity contribution in [1.82, 2.24) is 4.90 Å². The Morgan fingerprint density at radius 2 is 2.19 bits per heavy atom. The Balaban J connectivity index is 1.78. The molecule has 0 aliphatic heterocycles. The van der Waals surface area contributed by atoms with Gasteiger partial charge in [-0.15, -0.1) is 0 Å². The molecule has 1 saturated carbocycles. The SMILES string of the molecule is CCCN(CCOc1cccc(C#CCO)c1)CC1CC1. The first-order valence-electron chi connectivity index (χ1n) is 7.86. The van der Waals surface area contributed by atoms with Crippen molar-refractivity contribution in [1.29, 1.82) is 0 Å². The van der Waals surface area contributed by atoms with Gasteiger partial charge in [-0.1, -0.05) is 24.8 Å². The summed E-state index contributed by atoms with van der Waals surface area (Å²) in [5, 5.41) is 8.72. The predicted octanol–water partition coefficient (Wildman–Crippen LogP) is 2.53. The van der Waals surface area contributed by atoms with Crippen molar-refractivity contribution in [3.8, 4) is 17.6 Å². The summed E-state index contributed by atoms with van der Waals surface area (Å²) in [6, 6.07) is 7.74. The summed E-state index contributed by atoms with van der Waals surface area (Å²) in [4.78, 5) is 2.51. The summed E-state index contributed by atoms with van der Waals surface area (Å²) in [6.07, 6.45) is 3.98. The maximum absolute atomic E-state index is 8.72. The molecule has 1 aromatic carbocycles. The number of hydrogen-bond acceptors (Lipinski definition) is 3. The highest BCUT2D eigenvalue weighted by molar-refractivity contribution is 5.39. The zero-order valence-corrected chi connectivity index (χ0v) is 12.8. The summed E-state index contributed by atoms with van der Waals surface area (Å²) in [6.45, 7) is 6.18. The number of ether oxygens (including phenoxy) is 1. The second kappa shape index (κ2) is 8.71. The number of nitrogens with zero attached hydrogens (tertiary/aromatic N) is 1. The zero-order chi connectivity index (χ0) is 14.9. The van der Waals surface area contributed by atoms with Crippen LogP contribution in [-0.2, 0) is 0 Å². The molecule has 1 N–H and O–H groups in total. The van der Waals surface area contributed by atoms with Crippen molar-refractivity contribution in [2.24, 2.45) is 5.92 Å². The van der Waals surface area contributed by atoms with E-state index in [-0.39, 0.29) is 6.61 Å². The van der Waals surface area contributed by atoms with E-state index in [0.717, 1.165) is 30.3 Å². The Labute approximate surface area is 127 Å². The van der Waals surface area contributed by atoms with Crippen LogP contribution in [0.2, 0.25) is 0 Å². The molecule has 1 aromatic rings. The lowest BCUT2D eigenvalue weighted by molar-refractivity contribution is 0.203. The molecular formula is C18H25NO2. The molecule has 114 valence electrons. The van der Waals surface area contributed by atoms with Gasteiger partial charge in [0.15, 0.2) is 0 Å². The van der Waals surface area contributed by atoms with Gasteiger partial charge in [0.2, 0.25) is 0 Å². The van der Waals surface area contributed by atoms with E-state index < -0.39 is 0 Å². The third-order valence-corrected chi connectivity index (χ3v) is 3.58. The number of aliphatic hydroxyl groups excluding tert-OH is 1. The van der Waals surface area contributed by atoms with Gasteiger partial charge in [-0.05, 0) is 49.9 Å². The molecule has 21 heavy (non-hydrogen) atoms. The summed E-state index contributed by atoms with van der Waals surface area (Å²) < 4.78 is 5.83. The van der Waals surface area contributed by atoms with E-state index in [1.165, 1.54) is 25.8 Å². The lowest BCUT2D eigenvalue weighted by atomic mass is 10.2. The lowest BCUT2D eigenvalue weighted by Crippen LogP contribution is -2.31. The first kappa shape index (κ1) is 15.9. The number of aliphatic hydroxyl groups is 1. The highest BCUT2D eigenvalue weighted by Crippen LogP contribution is 2.29. The van der Waals surface area contributed by atoms with Gasteiger partial charge in [0.1, 0.15) is 19.0 Å². The molecule has 0 saturated heterocycles. The van der Waals surface area contributed by atoms with E-state index in [1.54, 1.807) is 0 Å². The first-order valence-corrected chi connectivity index (χ1v) is 7.86. The fraction of sp³-hybridized carbons (Fsp3) is 0.556. The van der Waals surface area contributed by atoms with Gasteiger partial charge in [0.05, 0.1) is 0 Å². The van der Waals surface area contributed by atoms with Crippen LogP contribution in [0.1, 0.15) is 31.7 Å². The molecule has 1 aliphatic rings. The maximum atomic E-state index is 8.72. The average molecular weight is 287 g/mol. The predicted molar refractivity (Wildman–Crippen MR) is 85.4 cm³/mol. The fourth-order valence-electron chi connectivity index (χ4n) is 2.37. The van der Waals surface area contributed by atoms with Gasteiger partial charge >= 0.3 is 0 Å². The molecule has 2 rings (SSSR count). The Morgan fingerprint density at radius 1 is 1.33 bits per heavy atom. The van der Waals surface area contributed by atoms with Gasteiger partial charge in [-0.25, -0.2) is 0 Å². The van der Waals surface area contributed by atoms with Gasteiger partial charge in [0, 0.05) is 18.7 Å². The van der Waals surface area contributed by atoms with Crippen molar-refractivity contribution in [2.75, 3.05) is 32.8 Å². The smallest absolute Gasteiger partial charge is 0.120 e. The molecule has 0 amide bonds. The fourth-order valence-corrected chi connectivity index (χ4v) is 2.37. The van der Waals surface area contributed by atoms with Crippen molar-refractivity contribution < 1.29 is 9.84 Å². The van der Waals surface area contributed by atoms with E-state index in [0.29, 0.717) is 6.61 Å². The van der Waals surface area contributed by atoms with Crippen molar-refractivity contribution in [2.45, 2.75) is 26.2 Å². The Morgan fingerprint density at radius 3 is 2.90 bits per heavy atom. The normalized spacial score (nSPS) is 13.9. The molecule has 3 heteroatoms. The molecular weight excluding hydrogens is 262 g/mol. The Kier molecular flexibility index (Phi) is 6.59. The standard InChI is InChI=1S/C18H25NO2/c1-2-10-19(15-17-8-9-17)11-13-21-18-7-3-5-16(14-18)6-4-12-20/h3,5,7,14,17,20H,2,8-13,15H2,1H3. The van der Waals surface area contributed by atoms with Gasteiger partial charge < -0.3 is 9.84 Å². The number of rotatable bonds is 8. The molecule has 0 unspecified atom stereocenters. The van der Waals surface area contributed by atoms with Crippen LogP contribution < -0.4 is 4.74 Å². The van der Waals surface area contributed by atoms with Crippen LogP contribution in [0.15, 0.2) is 24.3 Å². The lowest BCUT2D eigenvalue weighted by Gasteiger charge is -2.21. The van der Waals surface area contributed by atoms with Gasteiger partial charge in [-0.3, -0.25) is 4.90 Å². The second-order valence-electron chi connectivity index (χ2n) is 5.58. The molecule has 0 radical (unpaired) electrons. The van der Waals surface area contributed by atoms with Crippen LogP contribution in [0.3, 0.4) is 0 Å². The third kappa shape index (κ3) is 6.20. The minimum Gasteiger partial charge on any atom is -0.492 e. The molecule has 0 spiro atoms. The molecule has 0 atom stereocenters. The van der Waals surface area contributed by atoms with E-state index in [9.17, 15) is 0 Å². The van der Waals surface area contributed by atoms with Crippen LogP contribution in [-0.4, -0.2) is 42.9 Å². The Hall–Kier alpha value is -1.50. The van der Waals surface area contributed by atoms with E-state index in [1.807, 2.05) is 24.3 Å². The largest absolute Gasteiger partial charge is 0.492 e. The van der Waals surface area contributed by atoms with Crippen LogP contribution in [0.5, 0.6) is 5.75 Å². The topological polar surface area (TPSA) is 32.7 Å². The summed E-state index contributed by atoms with van der Waals surface area (Å²) >= 11 is 0.